The van der Waals surface area contributed by atoms with Gasteiger partial charge in [-0.3, -0.25) is 4.79 Å². The Bertz CT molecular complexity index is 1160. The molecule has 0 aliphatic carbocycles. The van der Waals surface area contributed by atoms with Crippen LogP contribution in [0.2, 0.25) is 0 Å². The number of furan rings is 1. The molecule has 0 saturated heterocycles. The molecule has 1 aromatic heterocycles. The molecule has 4 aromatic rings. The van der Waals surface area contributed by atoms with Crippen molar-refractivity contribution in [1.82, 2.24) is 0 Å². The Morgan fingerprint density at radius 2 is 1.54 bits per heavy atom. The van der Waals surface area contributed by atoms with Crippen LogP contribution in [-0.2, 0) is 6.18 Å². The maximum absolute atomic E-state index is 13.2. The fraction of sp³-hybridized carbons (Fsp3) is 0.0455. The molecular weight excluding hydrogens is 367 g/mol. The van der Waals surface area contributed by atoms with Gasteiger partial charge in [0.1, 0.15) is 5.76 Å². The van der Waals surface area contributed by atoms with Crippen molar-refractivity contribution in [2.75, 3.05) is 5.32 Å². The number of rotatable bonds is 3. The van der Waals surface area contributed by atoms with Crippen LogP contribution in [0.5, 0.6) is 0 Å². The number of nitrogens with one attached hydrogen (secondary N) is 1. The van der Waals surface area contributed by atoms with E-state index in [1.54, 1.807) is 6.07 Å². The first-order valence-corrected chi connectivity index (χ1v) is 8.48. The van der Waals surface area contributed by atoms with Crippen molar-refractivity contribution in [3.63, 3.8) is 0 Å². The summed E-state index contributed by atoms with van der Waals surface area (Å²) < 4.78 is 45.0. The van der Waals surface area contributed by atoms with E-state index in [1.165, 1.54) is 30.3 Å². The monoisotopic (exact) mass is 381 g/mol. The molecule has 28 heavy (non-hydrogen) atoms. The lowest BCUT2D eigenvalue weighted by atomic mass is 10.1. The van der Waals surface area contributed by atoms with Gasteiger partial charge in [0.05, 0.1) is 5.56 Å². The number of hydrogen-bond acceptors (Lipinski definition) is 2. The summed E-state index contributed by atoms with van der Waals surface area (Å²) in [6.07, 6.45) is -4.52. The molecule has 0 aliphatic rings. The van der Waals surface area contributed by atoms with Crippen LogP contribution in [-0.4, -0.2) is 5.91 Å². The van der Waals surface area contributed by atoms with E-state index in [9.17, 15) is 18.0 Å². The molecule has 0 aliphatic heterocycles. The standard InChI is InChI=1S/C22H14F3NO2/c23-22(24,25)18-8-4-3-7-17(18)19-11-12-20(28-19)21(27)26-16-10-9-14-5-1-2-6-15(14)13-16/h1-13H,(H,26,27). The number of anilines is 1. The quantitative estimate of drug-likeness (QED) is 0.448. The summed E-state index contributed by atoms with van der Waals surface area (Å²) in [4.78, 5) is 12.4. The van der Waals surface area contributed by atoms with Crippen molar-refractivity contribution < 1.29 is 22.4 Å². The number of fused-ring (bicyclic) bond motifs is 1. The van der Waals surface area contributed by atoms with E-state index < -0.39 is 17.6 Å². The van der Waals surface area contributed by atoms with Crippen molar-refractivity contribution in [1.29, 1.82) is 0 Å². The molecule has 0 saturated carbocycles. The van der Waals surface area contributed by atoms with Crippen LogP contribution in [0.25, 0.3) is 22.1 Å². The Kier molecular flexibility index (Phi) is 4.39. The lowest BCUT2D eigenvalue weighted by Gasteiger charge is -2.10. The van der Waals surface area contributed by atoms with Crippen LogP contribution in [0.15, 0.2) is 83.3 Å². The highest BCUT2D eigenvalue weighted by Gasteiger charge is 2.34. The second-order valence-electron chi connectivity index (χ2n) is 6.22. The van der Waals surface area contributed by atoms with Gasteiger partial charge in [-0.1, -0.05) is 48.5 Å². The Balaban J connectivity index is 1.60. The van der Waals surface area contributed by atoms with E-state index >= 15 is 0 Å². The Morgan fingerprint density at radius 1 is 0.821 bits per heavy atom. The third kappa shape index (κ3) is 3.49. The van der Waals surface area contributed by atoms with Crippen LogP contribution in [0.1, 0.15) is 16.1 Å². The lowest BCUT2D eigenvalue weighted by molar-refractivity contribution is -0.137. The molecule has 0 atom stereocenters. The summed E-state index contributed by atoms with van der Waals surface area (Å²) in [5.41, 5.74) is -0.358. The second-order valence-corrected chi connectivity index (χ2v) is 6.22. The average Bonchev–Trinajstić information content (AvgIpc) is 3.17. The maximum Gasteiger partial charge on any atom is 0.417 e. The number of benzene rings is 3. The van der Waals surface area contributed by atoms with E-state index in [1.807, 2.05) is 36.4 Å². The van der Waals surface area contributed by atoms with Crippen molar-refractivity contribution in [2.24, 2.45) is 0 Å². The fourth-order valence-electron chi connectivity index (χ4n) is 3.01. The molecule has 3 aromatic carbocycles. The molecule has 1 N–H and O–H groups in total. The molecule has 0 radical (unpaired) electrons. The molecule has 4 rings (SSSR count). The van der Waals surface area contributed by atoms with Gasteiger partial charge in [0.15, 0.2) is 5.76 Å². The summed E-state index contributed by atoms with van der Waals surface area (Å²) in [5.74, 6) is -0.622. The van der Waals surface area contributed by atoms with Gasteiger partial charge >= 0.3 is 6.18 Å². The van der Waals surface area contributed by atoms with Gasteiger partial charge in [0, 0.05) is 11.3 Å². The largest absolute Gasteiger partial charge is 0.451 e. The van der Waals surface area contributed by atoms with Crippen LogP contribution < -0.4 is 5.32 Å². The van der Waals surface area contributed by atoms with Gasteiger partial charge < -0.3 is 9.73 Å². The molecule has 0 bridgehead atoms. The topological polar surface area (TPSA) is 42.2 Å². The summed E-state index contributed by atoms with van der Waals surface area (Å²) in [6, 6.07) is 20.9. The summed E-state index contributed by atoms with van der Waals surface area (Å²) >= 11 is 0. The van der Waals surface area contributed by atoms with Gasteiger partial charge in [-0.25, -0.2) is 0 Å². The first kappa shape index (κ1) is 17.9. The van der Waals surface area contributed by atoms with Gasteiger partial charge in [-0.15, -0.1) is 0 Å². The molecule has 6 heteroatoms. The summed E-state index contributed by atoms with van der Waals surface area (Å²) in [7, 11) is 0. The van der Waals surface area contributed by atoms with E-state index in [0.717, 1.165) is 16.8 Å². The number of halogens is 3. The van der Waals surface area contributed by atoms with Crippen molar-refractivity contribution in [2.45, 2.75) is 6.18 Å². The van der Waals surface area contributed by atoms with Gasteiger partial charge in [-0.05, 0) is 41.1 Å². The normalized spacial score (nSPS) is 11.5. The molecule has 140 valence electrons. The minimum atomic E-state index is -4.52. The first-order valence-electron chi connectivity index (χ1n) is 8.48. The minimum absolute atomic E-state index is 0.0170. The predicted octanol–water partition coefficient (Wildman–Crippen LogP) is 6.37. The zero-order valence-corrected chi connectivity index (χ0v) is 14.5. The average molecular weight is 381 g/mol. The smallest absolute Gasteiger partial charge is 0.417 e. The zero-order chi connectivity index (χ0) is 19.7. The first-order chi connectivity index (χ1) is 13.4. The molecule has 3 nitrogen and oxygen atoms in total. The summed E-state index contributed by atoms with van der Waals surface area (Å²) in [6.45, 7) is 0. The van der Waals surface area contributed by atoms with E-state index in [0.29, 0.717) is 5.69 Å². The van der Waals surface area contributed by atoms with Crippen molar-refractivity contribution in [3.8, 4) is 11.3 Å². The highest BCUT2D eigenvalue weighted by molar-refractivity contribution is 6.03. The zero-order valence-electron chi connectivity index (χ0n) is 14.5. The van der Waals surface area contributed by atoms with Crippen LogP contribution in [0.4, 0.5) is 18.9 Å². The second kappa shape index (κ2) is 6.88. The third-order valence-electron chi connectivity index (χ3n) is 4.34. The SMILES string of the molecule is O=C(Nc1ccc2ccccc2c1)c1ccc(-c2ccccc2C(F)(F)F)o1. The van der Waals surface area contributed by atoms with Gasteiger partial charge in [0.2, 0.25) is 0 Å². The third-order valence-corrected chi connectivity index (χ3v) is 4.34. The molecule has 0 fully saturated rings. The number of carbonyl (C=O) groups excluding carboxylic acids is 1. The molecule has 0 unspecified atom stereocenters. The van der Waals surface area contributed by atoms with Crippen LogP contribution in [0, 0.1) is 0 Å². The highest BCUT2D eigenvalue weighted by Crippen LogP contribution is 2.37. The van der Waals surface area contributed by atoms with Crippen LogP contribution >= 0.6 is 0 Å². The Morgan fingerprint density at radius 3 is 2.32 bits per heavy atom. The van der Waals surface area contributed by atoms with E-state index in [4.69, 9.17) is 4.42 Å². The number of amides is 1. The Hall–Kier alpha value is -3.54. The van der Waals surface area contributed by atoms with Gasteiger partial charge in [-0.2, -0.15) is 13.2 Å². The summed E-state index contributed by atoms with van der Waals surface area (Å²) in [5, 5.41) is 4.69. The molecule has 1 heterocycles. The number of hydrogen-bond donors (Lipinski definition) is 1. The predicted molar refractivity (Wildman–Crippen MR) is 101 cm³/mol. The highest BCUT2D eigenvalue weighted by atomic mass is 19.4. The fourth-order valence-corrected chi connectivity index (χ4v) is 3.01. The van der Waals surface area contributed by atoms with Crippen molar-refractivity contribution in [3.05, 3.63) is 90.2 Å². The van der Waals surface area contributed by atoms with Crippen LogP contribution in [0.3, 0.4) is 0 Å². The lowest BCUT2D eigenvalue weighted by Crippen LogP contribution is -2.10. The minimum Gasteiger partial charge on any atom is -0.451 e. The van der Waals surface area contributed by atoms with E-state index in [-0.39, 0.29) is 17.1 Å². The number of carbonyl (C=O) groups is 1. The van der Waals surface area contributed by atoms with E-state index in [2.05, 4.69) is 5.32 Å². The Labute approximate surface area is 158 Å². The molecule has 1 amide bonds. The molecular formula is C22H14F3NO2. The molecule has 0 spiro atoms. The number of alkyl halides is 3. The maximum atomic E-state index is 13.2. The van der Waals surface area contributed by atoms with Crippen molar-refractivity contribution >= 4 is 22.4 Å². The van der Waals surface area contributed by atoms with Gasteiger partial charge in [0.25, 0.3) is 5.91 Å².